The Bertz CT molecular complexity index is 1210. The first kappa shape index (κ1) is 21.3. The normalized spacial score (nSPS) is 16.8. The van der Waals surface area contributed by atoms with Crippen molar-refractivity contribution in [2.75, 3.05) is 19.0 Å². The Morgan fingerprint density at radius 3 is 2.84 bits per heavy atom. The van der Waals surface area contributed by atoms with Crippen LogP contribution in [0.15, 0.2) is 54.7 Å². The number of methoxy groups -OCH3 is 1. The van der Waals surface area contributed by atoms with E-state index in [2.05, 4.69) is 20.4 Å². The largest absolute Gasteiger partial charge is 0.481 e. The highest BCUT2D eigenvalue weighted by molar-refractivity contribution is 6.00. The van der Waals surface area contributed by atoms with Gasteiger partial charge in [0.1, 0.15) is 17.3 Å². The van der Waals surface area contributed by atoms with E-state index in [1.54, 1.807) is 12.3 Å². The lowest BCUT2D eigenvalue weighted by Crippen LogP contribution is -2.41. The molecule has 0 bridgehead atoms. The standard InChI is InChI=1S/C24H23N3O5/c1-14(24(30)31-2)26-21(28)13-32-20-10-9-15(16-7-5-11-25-22(16)20)12-18-17-6-3-4-8-19(17)27-23(18)29/h3-12,14,23,27,29H,13H2,1-2H3,(H,26,28)/t14-,23?/m0/s1. The Kier molecular flexibility index (Phi) is 6.04. The monoisotopic (exact) mass is 433 g/mol. The summed E-state index contributed by atoms with van der Waals surface area (Å²) in [4.78, 5) is 28.0. The van der Waals surface area contributed by atoms with Crippen LogP contribution >= 0.6 is 0 Å². The Hall–Kier alpha value is -3.91. The predicted octanol–water partition coefficient (Wildman–Crippen LogP) is 2.58. The molecule has 0 saturated heterocycles. The number of nitrogens with one attached hydrogen (secondary N) is 2. The molecule has 2 aromatic carbocycles. The van der Waals surface area contributed by atoms with Gasteiger partial charge in [-0.1, -0.05) is 30.3 Å². The number of para-hydroxylation sites is 1. The highest BCUT2D eigenvalue weighted by Crippen LogP contribution is 2.37. The highest BCUT2D eigenvalue weighted by Gasteiger charge is 2.24. The van der Waals surface area contributed by atoms with Crippen LogP contribution in [0.4, 0.5) is 5.69 Å². The van der Waals surface area contributed by atoms with Gasteiger partial charge in [-0.3, -0.25) is 9.78 Å². The zero-order valence-corrected chi connectivity index (χ0v) is 17.7. The van der Waals surface area contributed by atoms with Crippen LogP contribution < -0.4 is 15.4 Å². The predicted molar refractivity (Wildman–Crippen MR) is 121 cm³/mol. The number of esters is 1. The molecule has 1 amide bonds. The highest BCUT2D eigenvalue weighted by atomic mass is 16.5. The van der Waals surface area contributed by atoms with Crippen LogP contribution in [-0.4, -0.2) is 48.0 Å². The first-order valence-electron chi connectivity index (χ1n) is 10.1. The Morgan fingerprint density at radius 2 is 2.03 bits per heavy atom. The molecule has 0 radical (unpaired) electrons. The fourth-order valence-corrected chi connectivity index (χ4v) is 3.63. The average molecular weight is 433 g/mol. The van der Waals surface area contributed by atoms with Crippen molar-refractivity contribution in [2.45, 2.75) is 19.2 Å². The summed E-state index contributed by atoms with van der Waals surface area (Å²) in [7, 11) is 1.26. The smallest absolute Gasteiger partial charge is 0.328 e. The third kappa shape index (κ3) is 4.26. The third-order valence-electron chi connectivity index (χ3n) is 5.19. The minimum atomic E-state index is -0.810. The molecule has 0 fully saturated rings. The van der Waals surface area contributed by atoms with E-state index < -0.39 is 24.1 Å². The molecule has 0 aliphatic carbocycles. The molecule has 1 aromatic heterocycles. The Labute approximate surface area is 184 Å². The number of aromatic nitrogens is 1. The molecule has 0 spiro atoms. The molecule has 4 rings (SSSR count). The van der Waals surface area contributed by atoms with Crippen molar-refractivity contribution in [3.8, 4) is 5.75 Å². The van der Waals surface area contributed by atoms with E-state index in [-0.39, 0.29) is 6.61 Å². The number of carbonyl (C=O) groups excluding carboxylic acids is 2. The van der Waals surface area contributed by atoms with Gasteiger partial charge >= 0.3 is 5.97 Å². The molecule has 164 valence electrons. The maximum absolute atomic E-state index is 12.1. The Morgan fingerprint density at radius 1 is 1.22 bits per heavy atom. The molecule has 32 heavy (non-hydrogen) atoms. The number of aliphatic hydroxyl groups excluding tert-OH is 1. The molecule has 1 aliphatic heterocycles. The number of pyridine rings is 1. The second-order valence-corrected chi connectivity index (χ2v) is 7.35. The van der Waals surface area contributed by atoms with Crippen molar-refractivity contribution >= 4 is 40.1 Å². The number of fused-ring (bicyclic) bond motifs is 2. The van der Waals surface area contributed by atoms with Crippen molar-refractivity contribution in [2.24, 2.45) is 0 Å². The summed E-state index contributed by atoms with van der Waals surface area (Å²) in [6.07, 6.45) is 2.75. The summed E-state index contributed by atoms with van der Waals surface area (Å²) in [6.45, 7) is 1.26. The van der Waals surface area contributed by atoms with Crippen LogP contribution in [-0.2, 0) is 14.3 Å². The number of amides is 1. The van der Waals surface area contributed by atoms with E-state index in [0.29, 0.717) is 11.3 Å². The molecule has 1 unspecified atom stereocenters. The number of anilines is 1. The molecule has 0 saturated carbocycles. The molecule has 8 heteroatoms. The second kappa shape index (κ2) is 9.07. The van der Waals surface area contributed by atoms with Crippen molar-refractivity contribution < 1.29 is 24.2 Å². The van der Waals surface area contributed by atoms with Gasteiger partial charge < -0.3 is 25.2 Å². The van der Waals surface area contributed by atoms with E-state index in [0.717, 1.165) is 27.8 Å². The number of aliphatic hydroxyl groups is 1. The van der Waals surface area contributed by atoms with Gasteiger partial charge in [0.2, 0.25) is 0 Å². The average Bonchev–Trinajstić information content (AvgIpc) is 3.12. The maximum atomic E-state index is 12.1. The molecule has 2 heterocycles. The molecule has 3 N–H and O–H groups in total. The number of benzene rings is 2. The zero-order chi connectivity index (χ0) is 22.7. The van der Waals surface area contributed by atoms with Crippen LogP contribution in [0.5, 0.6) is 5.75 Å². The van der Waals surface area contributed by atoms with Crippen LogP contribution in [0, 0.1) is 0 Å². The topological polar surface area (TPSA) is 110 Å². The number of nitrogens with zero attached hydrogens (tertiary/aromatic N) is 1. The van der Waals surface area contributed by atoms with E-state index in [1.807, 2.05) is 48.5 Å². The summed E-state index contributed by atoms with van der Waals surface area (Å²) in [6, 6.07) is 14.3. The second-order valence-electron chi connectivity index (χ2n) is 7.35. The molecule has 2 atom stereocenters. The summed E-state index contributed by atoms with van der Waals surface area (Å²) >= 11 is 0. The lowest BCUT2D eigenvalue weighted by atomic mass is 10.0. The third-order valence-corrected chi connectivity index (χ3v) is 5.19. The van der Waals surface area contributed by atoms with Gasteiger partial charge in [0.05, 0.1) is 7.11 Å². The van der Waals surface area contributed by atoms with E-state index in [9.17, 15) is 14.7 Å². The molecule has 8 nitrogen and oxygen atoms in total. The first-order valence-corrected chi connectivity index (χ1v) is 10.1. The van der Waals surface area contributed by atoms with Crippen molar-refractivity contribution in [1.29, 1.82) is 0 Å². The maximum Gasteiger partial charge on any atom is 0.328 e. The fraction of sp³-hybridized carbons (Fsp3) is 0.208. The minimum absolute atomic E-state index is 0.274. The Balaban J connectivity index is 1.59. The van der Waals surface area contributed by atoms with Crippen LogP contribution in [0.3, 0.4) is 0 Å². The number of carbonyl (C=O) groups is 2. The lowest BCUT2D eigenvalue weighted by molar-refractivity contribution is -0.144. The molecule has 3 aromatic rings. The van der Waals surface area contributed by atoms with Crippen molar-refractivity contribution in [3.05, 3.63) is 65.9 Å². The van der Waals surface area contributed by atoms with E-state index in [1.165, 1.54) is 14.0 Å². The van der Waals surface area contributed by atoms with Gasteiger partial charge in [0, 0.05) is 28.4 Å². The minimum Gasteiger partial charge on any atom is -0.481 e. The number of hydrogen-bond acceptors (Lipinski definition) is 7. The van der Waals surface area contributed by atoms with Crippen molar-refractivity contribution in [3.63, 3.8) is 0 Å². The van der Waals surface area contributed by atoms with Gasteiger partial charge in [0.15, 0.2) is 12.8 Å². The van der Waals surface area contributed by atoms with Crippen LogP contribution in [0.1, 0.15) is 18.1 Å². The quantitative estimate of drug-likeness (QED) is 0.513. The summed E-state index contributed by atoms with van der Waals surface area (Å²) in [5, 5.41) is 16.9. The van der Waals surface area contributed by atoms with E-state index in [4.69, 9.17) is 4.74 Å². The van der Waals surface area contributed by atoms with Crippen LogP contribution in [0.25, 0.3) is 22.6 Å². The SMILES string of the molecule is COC(=O)[C@H](C)NC(=O)COc1ccc(C=C2c3ccccc3NC2O)c2cccnc12. The summed E-state index contributed by atoms with van der Waals surface area (Å²) in [5.41, 5.74) is 4.02. The number of rotatable bonds is 6. The van der Waals surface area contributed by atoms with E-state index >= 15 is 0 Å². The van der Waals surface area contributed by atoms with Crippen LogP contribution in [0.2, 0.25) is 0 Å². The molecule has 1 aliphatic rings. The zero-order valence-electron chi connectivity index (χ0n) is 17.7. The van der Waals surface area contributed by atoms with Gasteiger partial charge in [-0.05, 0) is 36.8 Å². The van der Waals surface area contributed by atoms with Gasteiger partial charge in [-0.2, -0.15) is 0 Å². The number of hydrogen-bond donors (Lipinski definition) is 3. The summed E-state index contributed by atoms with van der Waals surface area (Å²) in [5.74, 6) is -0.544. The fourth-order valence-electron chi connectivity index (χ4n) is 3.63. The van der Waals surface area contributed by atoms with Gasteiger partial charge in [-0.15, -0.1) is 0 Å². The first-order chi connectivity index (χ1) is 15.5. The lowest BCUT2D eigenvalue weighted by Gasteiger charge is -2.14. The molecular weight excluding hydrogens is 410 g/mol. The molecular formula is C24H23N3O5. The summed E-state index contributed by atoms with van der Waals surface area (Å²) < 4.78 is 10.3. The van der Waals surface area contributed by atoms with Gasteiger partial charge in [-0.25, -0.2) is 4.79 Å². The van der Waals surface area contributed by atoms with Gasteiger partial charge in [0.25, 0.3) is 5.91 Å². The number of ether oxygens (including phenoxy) is 2. The van der Waals surface area contributed by atoms with Crippen molar-refractivity contribution in [1.82, 2.24) is 10.3 Å².